The maximum Gasteiger partial charge on any atom is 0.221 e. The second-order valence-electron chi connectivity index (χ2n) is 3.57. The number of primary amides is 1. The normalized spacial score (nSPS) is 9.86. The number of benzene rings is 1. The quantitative estimate of drug-likeness (QED) is 0.778. The minimum atomic E-state index is -0.338. The van der Waals surface area contributed by atoms with Gasteiger partial charge in [0.1, 0.15) is 0 Å². The first-order valence-corrected chi connectivity index (χ1v) is 4.54. The molecule has 0 aliphatic carbocycles. The molecule has 0 bridgehead atoms. The van der Waals surface area contributed by atoms with Crippen molar-refractivity contribution >= 4 is 11.5 Å². The molecule has 0 aliphatic heterocycles. The molecule has 0 saturated heterocycles. The molecule has 14 heavy (non-hydrogen) atoms. The van der Waals surface area contributed by atoms with Crippen molar-refractivity contribution in [3.8, 4) is 0 Å². The molecule has 1 rings (SSSR count). The predicted octanol–water partition coefficient (Wildman–Crippen LogP) is 2.19. The number of nitrogens with two attached hydrogens (primary N) is 1. The lowest BCUT2D eigenvalue weighted by Crippen LogP contribution is -2.10. The molecule has 0 radical (unpaired) electrons. The van der Waals surface area contributed by atoms with Crippen molar-refractivity contribution in [2.45, 2.75) is 20.3 Å². The van der Waals surface area contributed by atoms with E-state index >= 15 is 0 Å². The Kier molecular flexibility index (Phi) is 3.07. The molecule has 0 aromatic heterocycles. The van der Waals surface area contributed by atoms with Crippen LogP contribution in [-0.4, -0.2) is 5.91 Å². The standard InChI is InChI=1S/C12H15NO/c1-8-4-5-11(9(2)6-8)10(3)7-12(13)14/h4-6H,3,7H2,1-2H3,(H2,13,14). The number of hydrogen-bond donors (Lipinski definition) is 1. The van der Waals surface area contributed by atoms with Gasteiger partial charge in [0, 0.05) is 0 Å². The Labute approximate surface area is 84.4 Å². The molecule has 74 valence electrons. The third kappa shape index (κ3) is 2.46. The van der Waals surface area contributed by atoms with Crippen molar-refractivity contribution in [2.75, 3.05) is 0 Å². The number of hydrogen-bond acceptors (Lipinski definition) is 1. The van der Waals surface area contributed by atoms with Crippen molar-refractivity contribution in [3.05, 3.63) is 41.5 Å². The maximum absolute atomic E-state index is 10.7. The van der Waals surface area contributed by atoms with Crippen molar-refractivity contribution in [3.63, 3.8) is 0 Å². The van der Waals surface area contributed by atoms with Gasteiger partial charge >= 0.3 is 0 Å². The molecule has 1 aromatic rings. The van der Waals surface area contributed by atoms with Crippen LogP contribution in [0.25, 0.3) is 5.57 Å². The van der Waals surface area contributed by atoms with Gasteiger partial charge in [-0.25, -0.2) is 0 Å². The van der Waals surface area contributed by atoms with Crippen molar-refractivity contribution in [1.82, 2.24) is 0 Å². The van der Waals surface area contributed by atoms with Gasteiger partial charge in [-0.3, -0.25) is 4.79 Å². The summed E-state index contributed by atoms with van der Waals surface area (Å²) in [6, 6.07) is 6.06. The highest BCUT2D eigenvalue weighted by Gasteiger charge is 2.05. The van der Waals surface area contributed by atoms with E-state index in [2.05, 4.69) is 12.6 Å². The molecule has 0 fully saturated rings. The van der Waals surface area contributed by atoms with Gasteiger partial charge in [-0.2, -0.15) is 0 Å². The van der Waals surface area contributed by atoms with Crippen LogP contribution in [-0.2, 0) is 4.79 Å². The monoisotopic (exact) mass is 189 g/mol. The fourth-order valence-electron chi connectivity index (χ4n) is 1.52. The van der Waals surface area contributed by atoms with Crippen molar-refractivity contribution in [1.29, 1.82) is 0 Å². The molecular formula is C12H15NO. The van der Waals surface area contributed by atoms with Gasteiger partial charge in [0.15, 0.2) is 0 Å². The van der Waals surface area contributed by atoms with E-state index in [9.17, 15) is 4.79 Å². The first-order chi connectivity index (χ1) is 6.50. The third-order valence-electron chi connectivity index (χ3n) is 2.15. The van der Waals surface area contributed by atoms with Gasteiger partial charge < -0.3 is 5.73 Å². The molecule has 0 heterocycles. The molecule has 0 saturated carbocycles. The van der Waals surface area contributed by atoms with E-state index < -0.39 is 0 Å². The Morgan fingerprint density at radius 2 is 2.07 bits per heavy atom. The van der Waals surface area contributed by atoms with Crippen molar-refractivity contribution < 1.29 is 4.79 Å². The summed E-state index contributed by atoms with van der Waals surface area (Å²) in [6.45, 7) is 7.90. The molecule has 1 amide bonds. The highest BCUT2D eigenvalue weighted by Crippen LogP contribution is 2.20. The topological polar surface area (TPSA) is 43.1 Å². The zero-order valence-corrected chi connectivity index (χ0v) is 8.63. The van der Waals surface area contributed by atoms with E-state index in [1.807, 2.05) is 26.0 Å². The van der Waals surface area contributed by atoms with Crippen LogP contribution < -0.4 is 5.73 Å². The van der Waals surface area contributed by atoms with Crippen LogP contribution in [0, 0.1) is 13.8 Å². The van der Waals surface area contributed by atoms with E-state index in [-0.39, 0.29) is 12.3 Å². The van der Waals surface area contributed by atoms with Gasteiger partial charge in [-0.15, -0.1) is 0 Å². The summed E-state index contributed by atoms with van der Waals surface area (Å²) in [5.41, 5.74) is 9.26. The third-order valence-corrected chi connectivity index (χ3v) is 2.15. The van der Waals surface area contributed by atoms with Crippen LogP contribution >= 0.6 is 0 Å². The first-order valence-electron chi connectivity index (χ1n) is 4.54. The van der Waals surface area contributed by atoms with Crippen molar-refractivity contribution in [2.24, 2.45) is 5.73 Å². The minimum absolute atomic E-state index is 0.226. The Hall–Kier alpha value is -1.57. The Bertz CT molecular complexity index is 380. The molecule has 2 nitrogen and oxygen atoms in total. The molecule has 0 spiro atoms. The highest BCUT2D eigenvalue weighted by atomic mass is 16.1. The number of amides is 1. The molecule has 2 N–H and O–H groups in total. The smallest absolute Gasteiger partial charge is 0.221 e. The number of aryl methyl sites for hydroxylation is 2. The number of carbonyl (C=O) groups excluding carboxylic acids is 1. The zero-order valence-electron chi connectivity index (χ0n) is 8.63. The van der Waals surface area contributed by atoms with Gasteiger partial charge in [-0.1, -0.05) is 30.3 Å². The van der Waals surface area contributed by atoms with Gasteiger partial charge in [0.2, 0.25) is 5.91 Å². The van der Waals surface area contributed by atoms with E-state index in [1.165, 1.54) is 5.56 Å². The minimum Gasteiger partial charge on any atom is -0.369 e. The summed E-state index contributed by atoms with van der Waals surface area (Å²) in [7, 11) is 0. The summed E-state index contributed by atoms with van der Waals surface area (Å²) >= 11 is 0. The Morgan fingerprint density at radius 1 is 1.43 bits per heavy atom. The summed E-state index contributed by atoms with van der Waals surface area (Å²) in [5, 5.41) is 0. The Balaban J connectivity index is 2.96. The average molecular weight is 189 g/mol. The average Bonchev–Trinajstić information content (AvgIpc) is 2.01. The van der Waals surface area contributed by atoms with E-state index in [4.69, 9.17) is 5.73 Å². The lowest BCUT2D eigenvalue weighted by atomic mass is 9.98. The van der Waals surface area contributed by atoms with Gasteiger partial charge in [0.25, 0.3) is 0 Å². The molecular weight excluding hydrogens is 174 g/mol. The summed E-state index contributed by atoms with van der Waals surface area (Å²) in [6.07, 6.45) is 0.226. The SMILES string of the molecule is C=C(CC(N)=O)c1ccc(C)cc1C. The molecule has 2 heteroatoms. The largest absolute Gasteiger partial charge is 0.369 e. The zero-order chi connectivity index (χ0) is 10.7. The predicted molar refractivity (Wildman–Crippen MR) is 58.8 cm³/mol. The lowest BCUT2D eigenvalue weighted by molar-refractivity contribution is -0.117. The fourth-order valence-corrected chi connectivity index (χ4v) is 1.52. The molecule has 0 unspecified atom stereocenters. The lowest BCUT2D eigenvalue weighted by Gasteiger charge is -2.08. The second kappa shape index (κ2) is 4.09. The van der Waals surface area contributed by atoms with Crippen LogP contribution in [0.4, 0.5) is 0 Å². The maximum atomic E-state index is 10.7. The van der Waals surface area contributed by atoms with Crippen LogP contribution in [0.2, 0.25) is 0 Å². The fraction of sp³-hybridized carbons (Fsp3) is 0.250. The summed E-state index contributed by atoms with van der Waals surface area (Å²) in [4.78, 5) is 10.7. The van der Waals surface area contributed by atoms with Crippen LogP contribution in [0.1, 0.15) is 23.1 Å². The molecule has 0 atom stereocenters. The van der Waals surface area contributed by atoms with E-state index in [1.54, 1.807) is 0 Å². The first kappa shape index (κ1) is 10.5. The summed E-state index contributed by atoms with van der Waals surface area (Å²) in [5.74, 6) is -0.338. The summed E-state index contributed by atoms with van der Waals surface area (Å²) < 4.78 is 0. The van der Waals surface area contributed by atoms with E-state index in [0.29, 0.717) is 0 Å². The number of carbonyl (C=O) groups is 1. The van der Waals surface area contributed by atoms with Crippen LogP contribution in [0.5, 0.6) is 0 Å². The number of rotatable bonds is 3. The highest BCUT2D eigenvalue weighted by molar-refractivity contribution is 5.87. The molecule has 1 aromatic carbocycles. The van der Waals surface area contributed by atoms with Gasteiger partial charge in [-0.05, 0) is 30.5 Å². The van der Waals surface area contributed by atoms with Gasteiger partial charge in [0.05, 0.1) is 6.42 Å². The Morgan fingerprint density at radius 3 is 2.57 bits per heavy atom. The van der Waals surface area contributed by atoms with Crippen LogP contribution in [0.3, 0.4) is 0 Å². The molecule has 0 aliphatic rings. The van der Waals surface area contributed by atoms with Crippen LogP contribution in [0.15, 0.2) is 24.8 Å². The second-order valence-corrected chi connectivity index (χ2v) is 3.57. The van der Waals surface area contributed by atoms with E-state index in [0.717, 1.165) is 16.7 Å².